The van der Waals surface area contributed by atoms with E-state index in [1.807, 2.05) is 31.2 Å². The average Bonchev–Trinajstić information content (AvgIpc) is 2.65. The van der Waals surface area contributed by atoms with Crippen LogP contribution in [0.5, 0.6) is 11.5 Å². The summed E-state index contributed by atoms with van der Waals surface area (Å²) < 4.78 is 49.8. The molecule has 0 heterocycles. The van der Waals surface area contributed by atoms with Crippen LogP contribution < -0.4 is 20.1 Å². The third-order valence-electron chi connectivity index (χ3n) is 4.66. The highest BCUT2D eigenvalue weighted by Crippen LogP contribution is 2.37. The van der Waals surface area contributed by atoms with Gasteiger partial charge in [-0.1, -0.05) is 6.42 Å². The number of nitrogens with one attached hydrogen (secondary N) is 2. The van der Waals surface area contributed by atoms with E-state index < -0.39 is 12.1 Å². The molecule has 1 saturated carbocycles. The molecular weight excluding hydrogens is 359 g/mol. The normalized spacial score (nSPS) is 22.1. The summed E-state index contributed by atoms with van der Waals surface area (Å²) in [5, 5.41) is 6.23. The molecule has 1 aliphatic rings. The predicted molar refractivity (Wildman–Crippen MR) is 99.4 cm³/mol. The van der Waals surface area contributed by atoms with Gasteiger partial charge in [0.1, 0.15) is 17.6 Å². The Labute approximate surface area is 158 Å². The van der Waals surface area contributed by atoms with Crippen molar-refractivity contribution in [1.82, 2.24) is 10.6 Å². The SMILES string of the molecule is CN=C(NCC(C)Oc1ccc(OC)cc1)NC1CCCC(C(F)(F)F)C1. The smallest absolute Gasteiger partial charge is 0.391 e. The number of alkyl halides is 3. The first kappa shape index (κ1) is 21.2. The quantitative estimate of drug-likeness (QED) is 0.577. The second-order valence-electron chi connectivity index (χ2n) is 6.80. The molecule has 27 heavy (non-hydrogen) atoms. The molecule has 0 spiro atoms. The summed E-state index contributed by atoms with van der Waals surface area (Å²) in [6, 6.07) is 7.05. The number of hydrogen-bond acceptors (Lipinski definition) is 3. The van der Waals surface area contributed by atoms with Crippen LogP contribution in [0.25, 0.3) is 0 Å². The number of halogens is 3. The average molecular weight is 387 g/mol. The summed E-state index contributed by atoms with van der Waals surface area (Å²) in [5.41, 5.74) is 0. The minimum absolute atomic E-state index is 0.0854. The van der Waals surface area contributed by atoms with E-state index in [1.54, 1.807) is 14.2 Å². The van der Waals surface area contributed by atoms with Gasteiger partial charge in [0.05, 0.1) is 19.6 Å². The van der Waals surface area contributed by atoms with Gasteiger partial charge in [-0.25, -0.2) is 0 Å². The van der Waals surface area contributed by atoms with Crippen LogP contribution in [0, 0.1) is 5.92 Å². The molecule has 8 heteroatoms. The molecule has 0 aliphatic heterocycles. The monoisotopic (exact) mass is 387 g/mol. The maximum Gasteiger partial charge on any atom is 0.391 e. The molecule has 3 atom stereocenters. The molecule has 2 N–H and O–H groups in total. The van der Waals surface area contributed by atoms with Gasteiger partial charge in [-0.15, -0.1) is 0 Å². The zero-order valence-corrected chi connectivity index (χ0v) is 16.0. The molecule has 5 nitrogen and oxygen atoms in total. The van der Waals surface area contributed by atoms with Gasteiger partial charge < -0.3 is 20.1 Å². The number of aliphatic imine (C=N–C) groups is 1. The first-order chi connectivity index (χ1) is 12.8. The Morgan fingerprint density at radius 1 is 1.22 bits per heavy atom. The second-order valence-corrected chi connectivity index (χ2v) is 6.80. The van der Waals surface area contributed by atoms with Crippen LogP contribution >= 0.6 is 0 Å². The van der Waals surface area contributed by atoms with Crippen molar-refractivity contribution in [3.63, 3.8) is 0 Å². The maximum atomic E-state index is 12.9. The van der Waals surface area contributed by atoms with E-state index in [-0.39, 0.29) is 25.0 Å². The molecule has 152 valence electrons. The molecule has 1 fully saturated rings. The molecule has 3 unspecified atom stereocenters. The molecule has 1 aromatic carbocycles. The first-order valence-electron chi connectivity index (χ1n) is 9.16. The number of guanidine groups is 1. The van der Waals surface area contributed by atoms with Gasteiger partial charge in [-0.3, -0.25) is 4.99 Å². The first-order valence-corrected chi connectivity index (χ1v) is 9.16. The Morgan fingerprint density at radius 3 is 2.48 bits per heavy atom. The largest absolute Gasteiger partial charge is 0.497 e. The van der Waals surface area contributed by atoms with Crippen LogP contribution in [0.15, 0.2) is 29.3 Å². The Balaban J connectivity index is 1.79. The Kier molecular flexibility index (Phi) is 7.62. The summed E-state index contributed by atoms with van der Waals surface area (Å²) in [4.78, 5) is 4.11. The molecule has 0 radical (unpaired) electrons. The predicted octanol–water partition coefficient (Wildman–Crippen LogP) is 3.75. The molecule has 1 aromatic rings. The van der Waals surface area contributed by atoms with E-state index in [1.165, 1.54) is 0 Å². The lowest BCUT2D eigenvalue weighted by molar-refractivity contribution is -0.183. The molecule has 2 rings (SSSR count). The van der Waals surface area contributed by atoms with Crippen molar-refractivity contribution in [3.8, 4) is 11.5 Å². The van der Waals surface area contributed by atoms with Crippen LogP contribution in [0.3, 0.4) is 0 Å². The van der Waals surface area contributed by atoms with Crippen LogP contribution in [0.4, 0.5) is 13.2 Å². The van der Waals surface area contributed by atoms with E-state index in [0.717, 1.165) is 5.75 Å². The van der Waals surface area contributed by atoms with Gasteiger partial charge in [0.25, 0.3) is 0 Å². The lowest BCUT2D eigenvalue weighted by atomic mass is 9.85. The second kappa shape index (κ2) is 9.71. The van der Waals surface area contributed by atoms with Gasteiger partial charge in [0.15, 0.2) is 5.96 Å². The Hall–Kier alpha value is -2.12. The van der Waals surface area contributed by atoms with Crippen molar-refractivity contribution in [3.05, 3.63) is 24.3 Å². The number of nitrogens with zero attached hydrogens (tertiary/aromatic N) is 1. The van der Waals surface area contributed by atoms with Gasteiger partial charge in [-0.2, -0.15) is 13.2 Å². The number of ether oxygens (including phenoxy) is 2. The van der Waals surface area contributed by atoms with Crippen molar-refractivity contribution in [1.29, 1.82) is 0 Å². The Morgan fingerprint density at radius 2 is 1.89 bits per heavy atom. The highest BCUT2D eigenvalue weighted by Gasteiger charge is 2.42. The standard InChI is InChI=1S/C19H28F3N3O2/c1-13(27-17-9-7-16(26-3)8-10-17)12-24-18(23-2)25-15-6-4-5-14(11-15)19(20,21)22/h7-10,13-15H,4-6,11-12H2,1-3H3,(H2,23,24,25). The minimum atomic E-state index is -4.13. The van der Waals surface area contributed by atoms with E-state index in [0.29, 0.717) is 31.1 Å². The summed E-state index contributed by atoms with van der Waals surface area (Å²) in [5.74, 6) is 0.725. The fourth-order valence-corrected chi connectivity index (χ4v) is 3.17. The summed E-state index contributed by atoms with van der Waals surface area (Å²) >= 11 is 0. The van der Waals surface area contributed by atoms with Crippen molar-refractivity contribution in [2.24, 2.45) is 10.9 Å². The number of rotatable bonds is 6. The summed E-state index contributed by atoms with van der Waals surface area (Å²) in [7, 11) is 3.21. The lowest BCUT2D eigenvalue weighted by Gasteiger charge is -2.32. The van der Waals surface area contributed by atoms with Gasteiger partial charge in [-0.05, 0) is 50.5 Å². The van der Waals surface area contributed by atoms with E-state index in [4.69, 9.17) is 9.47 Å². The van der Waals surface area contributed by atoms with E-state index >= 15 is 0 Å². The molecule has 0 aromatic heterocycles. The van der Waals surface area contributed by atoms with Gasteiger partial charge in [0.2, 0.25) is 0 Å². The zero-order valence-electron chi connectivity index (χ0n) is 16.0. The summed E-state index contributed by atoms with van der Waals surface area (Å²) in [6.07, 6.45) is -2.70. The summed E-state index contributed by atoms with van der Waals surface area (Å²) in [6.45, 7) is 2.38. The molecular formula is C19H28F3N3O2. The lowest BCUT2D eigenvalue weighted by Crippen LogP contribution is -2.48. The molecule has 0 saturated heterocycles. The fraction of sp³-hybridized carbons (Fsp3) is 0.632. The highest BCUT2D eigenvalue weighted by atomic mass is 19.4. The zero-order chi connectivity index (χ0) is 19.9. The van der Waals surface area contributed by atoms with Crippen LogP contribution in [-0.4, -0.2) is 45.0 Å². The topological polar surface area (TPSA) is 54.9 Å². The van der Waals surface area contributed by atoms with Crippen LogP contribution in [-0.2, 0) is 0 Å². The van der Waals surface area contributed by atoms with Crippen molar-refractivity contribution in [2.45, 2.75) is 50.9 Å². The molecule has 1 aliphatic carbocycles. The van der Waals surface area contributed by atoms with E-state index in [2.05, 4.69) is 15.6 Å². The van der Waals surface area contributed by atoms with Crippen molar-refractivity contribution in [2.75, 3.05) is 20.7 Å². The third kappa shape index (κ3) is 6.84. The number of hydrogen-bond donors (Lipinski definition) is 2. The van der Waals surface area contributed by atoms with Crippen LogP contribution in [0.2, 0.25) is 0 Å². The maximum absolute atomic E-state index is 12.9. The fourth-order valence-electron chi connectivity index (χ4n) is 3.17. The van der Waals surface area contributed by atoms with Crippen molar-refractivity contribution >= 4 is 5.96 Å². The number of benzene rings is 1. The molecule has 0 amide bonds. The van der Waals surface area contributed by atoms with Gasteiger partial charge in [0, 0.05) is 13.1 Å². The van der Waals surface area contributed by atoms with Gasteiger partial charge >= 0.3 is 6.18 Å². The van der Waals surface area contributed by atoms with E-state index in [9.17, 15) is 13.2 Å². The van der Waals surface area contributed by atoms with Crippen LogP contribution in [0.1, 0.15) is 32.6 Å². The Bertz CT molecular complexity index is 605. The molecule has 0 bridgehead atoms. The highest BCUT2D eigenvalue weighted by molar-refractivity contribution is 5.80. The van der Waals surface area contributed by atoms with Crippen molar-refractivity contribution < 1.29 is 22.6 Å². The number of methoxy groups -OCH3 is 1. The minimum Gasteiger partial charge on any atom is -0.497 e. The third-order valence-corrected chi connectivity index (χ3v) is 4.66.